The van der Waals surface area contributed by atoms with Gasteiger partial charge in [0.1, 0.15) is 0 Å². The Bertz CT molecular complexity index is 955. The van der Waals surface area contributed by atoms with Crippen molar-refractivity contribution in [2.24, 2.45) is 0 Å². The molecule has 2 aromatic carbocycles. The maximum absolute atomic E-state index is 12.8. The average Bonchev–Trinajstić information content (AvgIpc) is 3.07. The van der Waals surface area contributed by atoms with Gasteiger partial charge in [-0.3, -0.25) is 9.69 Å². The molecule has 27 heavy (non-hydrogen) atoms. The van der Waals surface area contributed by atoms with Gasteiger partial charge in [0.15, 0.2) is 11.5 Å². The van der Waals surface area contributed by atoms with Gasteiger partial charge in [0.05, 0.1) is 0 Å². The highest BCUT2D eigenvalue weighted by atomic mass is 16.3. The summed E-state index contributed by atoms with van der Waals surface area (Å²) in [5.74, 6) is -0.568. The van der Waals surface area contributed by atoms with Crippen LogP contribution in [0.3, 0.4) is 0 Å². The standard InChI is InChI=1S/C21H23N3O3/c1-14-10-19(25)20(26)12-17(14)21(27)24-8-6-23(7-9-24)13-16-11-15-4-2-3-5-18(15)22-16/h2-5,10-12,22,25-26H,6-9,13H2,1H3. The van der Waals surface area contributed by atoms with Gasteiger partial charge in [-0.15, -0.1) is 0 Å². The number of carbonyl (C=O) groups excluding carboxylic acids is 1. The minimum Gasteiger partial charge on any atom is -0.504 e. The third-order valence-electron chi connectivity index (χ3n) is 5.19. The molecule has 0 bridgehead atoms. The Balaban J connectivity index is 1.40. The Morgan fingerprint density at radius 2 is 1.74 bits per heavy atom. The zero-order chi connectivity index (χ0) is 19.0. The second-order valence-electron chi connectivity index (χ2n) is 7.11. The highest BCUT2D eigenvalue weighted by Crippen LogP contribution is 2.29. The topological polar surface area (TPSA) is 79.8 Å². The molecule has 6 nitrogen and oxygen atoms in total. The molecule has 1 saturated heterocycles. The first kappa shape index (κ1) is 17.4. The molecule has 0 aliphatic carbocycles. The summed E-state index contributed by atoms with van der Waals surface area (Å²) in [7, 11) is 0. The summed E-state index contributed by atoms with van der Waals surface area (Å²) in [5.41, 5.74) is 3.42. The second kappa shape index (κ2) is 6.96. The Morgan fingerprint density at radius 1 is 1.04 bits per heavy atom. The van der Waals surface area contributed by atoms with Crippen molar-refractivity contribution in [3.05, 3.63) is 59.3 Å². The van der Waals surface area contributed by atoms with Crippen LogP contribution in [0, 0.1) is 6.92 Å². The van der Waals surface area contributed by atoms with Crippen LogP contribution in [0.5, 0.6) is 11.5 Å². The maximum atomic E-state index is 12.8. The summed E-state index contributed by atoms with van der Waals surface area (Å²) in [5, 5.41) is 20.5. The molecule has 0 saturated carbocycles. The molecule has 1 fully saturated rings. The summed E-state index contributed by atoms with van der Waals surface area (Å²) in [6.07, 6.45) is 0. The Hall–Kier alpha value is -2.99. The molecule has 0 unspecified atom stereocenters. The number of hydrogen-bond donors (Lipinski definition) is 3. The van der Waals surface area contributed by atoms with Gasteiger partial charge < -0.3 is 20.1 Å². The van der Waals surface area contributed by atoms with Crippen molar-refractivity contribution in [2.45, 2.75) is 13.5 Å². The van der Waals surface area contributed by atoms with Crippen LogP contribution in [0.2, 0.25) is 0 Å². The molecule has 3 aromatic rings. The number of benzene rings is 2. The number of para-hydroxylation sites is 1. The summed E-state index contributed by atoms with van der Waals surface area (Å²) in [4.78, 5) is 20.4. The number of piperazine rings is 1. The van der Waals surface area contributed by atoms with Gasteiger partial charge in [-0.25, -0.2) is 0 Å². The van der Waals surface area contributed by atoms with Gasteiger partial charge in [0.25, 0.3) is 5.91 Å². The molecule has 1 aliphatic rings. The van der Waals surface area contributed by atoms with Crippen molar-refractivity contribution in [3.63, 3.8) is 0 Å². The molecule has 1 aromatic heterocycles. The van der Waals surface area contributed by atoms with Crippen LogP contribution in [-0.4, -0.2) is 57.1 Å². The zero-order valence-corrected chi connectivity index (χ0v) is 15.3. The van der Waals surface area contributed by atoms with E-state index in [1.165, 1.54) is 23.2 Å². The van der Waals surface area contributed by atoms with Gasteiger partial charge in [0, 0.05) is 49.5 Å². The van der Waals surface area contributed by atoms with E-state index in [0.29, 0.717) is 24.2 Å². The number of fused-ring (bicyclic) bond motifs is 1. The van der Waals surface area contributed by atoms with E-state index in [1.54, 1.807) is 11.8 Å². The lowest BCUT2D eigenvalue weighted by Gasteiger charge is -2.34. The summed E-state index contributed by atoms with van der Waals surface area (Å²) < 4.78 is 0. The van der Waals surface area contributed by atoms with Crippen molar-refractivity contribution >= 4 is 16.8 Å². The van der Waals surface area contributed by atoms with Crippen molar-refractivity contribution < 1.29 is 15.0 Å². The normalized spacial score (nSPS) is 15.4. The number of aromatic nitrogens is 1. The van der Waals surface area contributed by atoms with Crippen LogP contribution in [0.15, 0.2) is 42.5 Å². The lowest BCUT2D eigenvalue weighted by molar-refractivity contribution is 0.0626. The number of nitrogens with one attached hydrogen (secondary N) is 1. The first-order chi connectivity index (χ1) is 13.0. The largest absolute Gasteiger partial charge is 0.504 e. The first-order valence-electron chi connectivity index (χ1n) is 9.12. The van der Waals surface area contributed by atoms with Crippen molar-refractivity contribution in [3.8, 4) is 11.5 Å². The predicted octanol–water partition coefficient (Wildman–Crippen LogP) is 2.85. The van der Waals surface area contributed by atoms with Crippen LogP contribution in [-0.2, 0) is 6.54 Å². The molecule has 140 valence electrons. The SMILES string of the molecule is Cc1cc(O)c(O)cc1C(=O)N1CCN(Cc2cc3ccccc3[nH]2)CC1. The molecule has 0 atom stereocenters. The van der Waals surface area contributed by atoms with Crippen LogP contribution in [0.1, 0.15) is 21.6 Å². The maximum Gasteiger partial charge on any atom is 0.254 e. The summed E-state index contributed by atoms with van der Waals surface area (Å²) >= 11 is 0. The number of H-pyrrole nitrogens is 1. The lowest BCUT2D eigenvalue weighted by Crippen LogP contribution is -2.48. The number of hydrogen-bond acceptors (Lipinski definition) is 4. The number of phenolic OH excluding ortho intramolecular Hbond substituents is 2. The second-order valence-corrected chi connectivity index (χ2v) is 7.11. The molecule has 1 amide bonds. The van der Waals surface area contributed by atoms with Crippen LogP contribution in [0.4, 0.5) is 0 Å². The monoisotopic (exact) mass is 365 g/mol. The fourth-order valence-electron chi connectivity index (χ4n) is 3.65. The fraction of sp³-hybridized carbons (Fsp3) is 0.286. The zero-order valence-electron chi connectivity index (χ0n) is 15.3. The molecule has 0 radical (unpaired) electrons. The number of rotatable bonds is 3. The van der Waals surface area contributed by atoms with Crippen LogP contribution in [0.25, 0.3) is 10.9 Å². The summed E-state index contributed by atoms with van der Waals surface area (Å²) in [6.45, 7) is 5.46. The first-order valence-corrected chi connectivity index (χ1v) is 9.12. The highest BCUT2D eigenvalue weighted by molar-refractivity contribution is 5.96. The van der Waals surface area contributed by atoms with Gasteiger partial charge in [-0.1, -0.05) is 18.2 Å². The molecule has 4 rings (SSSR count). The van der Waals surface area contributed by atoms with Crippen molar-refractivity contribution in [2.75, 3.05) is 26.2 Å². The third kappa shape index (κ3) is 3.48. The van der Waals surface area contributed by atoms with E-state index >= 15 is 0 Å². The van der Waals surface area contributed by atoms with Gasteiger partial charge >= 0.3 is 0 Å². The van der Waals surface area contributed by atoms with Crippen molar-refractivity contribution in [1.29, 1.82) is 0 Å². The Morgan fingerprint density at radius 3 is 2.48 bits per heavy atom. The minimum atomic E-state index is -0.263. The molecule has 0 spiro atoms. The van der Waals surface area contributed by atoms with Gasteiger partial charge in [-0.05, 0) is 42.1 Å². The summed E-state index contributed by atoms with van der Waals surface area (Å²) in [6, 6.07) is 13.2. The Kier molecular flexibility index (Phi) is 4.49. The number of amides is 1. The van der Waals surface area contributed by atoms with E-state index in [4.69, 9.17) is 0 Å². The molecule has 3 N–H and O–H groups in total. The molecular weight excluding hydrogens is 342 g/mol. The highest BCUT2D eigenvalue weighted by Gasteiger charge is 2.24. The number of carbonyl (C=O) groups is 1. The van der Waals surface area contributed by atoms with E-state index in [0.717, 1.165) is 25.2 Å². The van der Waals surface area contributed by atoms with Crippen LogP contribution < -0.4 is 0 Å². The molecule has 1 aliphatic heterocycles. The Labute approximate surface area is 157 Å². The van der Waals surface area contributed by atoms with Crippen LogP contribution >= 0.6 is 0 Å². The molecular formula is C21H23N3O3. The van der Waals surface area contributed by atoms with E-state index in [2.05, 4.69) is 28.1 Å². The van der Waals surface area contributed by atoms with Gasteiger partial charge in [-0.2, -0.15) is 0 Å². The molecule has 6 heteroatoms. The number of nitrogens with zero attached hydrogens (tertiary/aromatic N) is 2. The average molecular weight is 365 g/mol. The fourth-order valence-corrected chi connectivity index (χ4v) is 3.65. The van der Waals surface area contributed by atoms with E-state index in [-0.39, 0.29) is 17.4 Å². The quantitative estimate of drug-likeness (QED) is 0.624. The number of aromatic hydroxyl groups is 2. The minimum absolute atomic E-state index is 0.104. The predicted molar refractivity (Wildman–Crippen MR) is 104 cm³/mol. The third-order valence-corrected chi connectivity index (χ3v) is 5.19. The smallest absolute Gasteiger partial charge is 0.254 e. The van der Waals surface area contributed by atoms with Crippen molar-refractivity contribution in [1.82, 2.24) is 14.8 Å². The van der Waals surface area contributed by atoms with E-state index < -0.39 is 0 Å². The van der Waals surface area contributed by atoms with E-state index in [9.17, 15) is 15.0 Å². The van der Waals surface area contributed by atoms with Gasteiger partial charge in [0.2, 0.25) is 0 Å². The lowest BCUT2D eigenvalue weighted by atomic mass is 10.1. The number of aryl methyl sites for hydroxylation is 1. The van der Waals surface area contributed by atoms with E-state index in [1.807, 2.05) is 12.1 Å². The number of aromatic amines is 1. The number of phenols is 2. The molecule has 2 heterocycles.